The van der Waals surface area contributed by atoms with Crippen LogP contribution in [0.5, 0.6) is 0 Å². The molecule has 0 fully saturated rings. The van der Waals surface area contributed by atoms with Gasteiger partial charge in [-0.15, -0.1) is 0 Å². The first-order valence-corrected chi connectivity index (χ1v) is 19.1. The molecule has 0 bridgehead atoms. The van der Waals surface area contributed by atoms with Crippen LogP contribution in [0.2, 0.25) is 0 Å². The lowest BCUT2D eigenvalue weighted by molar-refractivity contribution is 0.670. The fraction of sp³-hybridized carbons (Fsp3) is 0. The van der Waals surface area contributed by atoms with Crippen LogP contribution < -0.4 is 4.90 Å². The van der Waals surface area contributed by atoms with Gasteiger partial charge < -0.3 is 9.32 Å². The molecule has 10 rings (SSSR count). The first-order chi connectivity index (χ1) is 27.7. The van der Waals surface area contributed by atoms with Crippen LogP contribution >= 0.6 is 0 Å². The molecule has 1 heterocycles. The van der Waals surface area contributed by atoms with E-state index in [1.165, 1.54) is 27.8 Å². The topological polar surface area (TPSA) is 16.4 Å². The van der Waals surface area contributed by atoms with E-state index in [0.29, 0.717) is 0 Å². The molecule has 56 heavy (non-hydrogen) atoms. The van der Waals surface area contributed by atoms with Crippen LogP contribution in [0.1, 0.15) is 0 Å². The first-order valence-electron chi connectivity index (χ1n) is 19.1. The highest BCUT2D eigenvalue weighted by atomic mass is 16.3. The summed E-state index contributed by atoms with van der Waals surface area (Å²) >= 11 is 0. The van der Waals surface area contributed by atoms with E-state index < -0.39 is 0 Å². The van der Waals surface area contributed by atoms with Crippen LogP contribution in [-0.4, -0.2) is 0 Å². The molecule has 2 nitrogen and oxygen atoms in total. The summed E-state index contributed by atoms with van der Waals surface area (Å²) < 4.78 is 6.51. The molecule has 0 N–H and O–H groups in total. The molecular weight excluding hydrogens is 679 g/mol. The third-order valence-corrected chi connectivity index (χ3v) is 10.7. The zero-order chi connectivity index (χ0) is 37.3. The van der Waals surface area contributed by atoms with E-state index in [0.717, 1.165) is 66.8 Å². The van der Waals surface area contributed by atoms with Gasteiger partial charge in [0, 0.05) is 33.4 Å². The van der Waals surface area contributed by atoms with E-state index in [2.05, 4.69) is 217 Å². The maximum Gasteiger partial charge on any atom is 0.143 e. The molecule has 264 valence electrons. The summed E-state index contributed by atoms with van der Waals surface area (Å²) in [5.41, 5.74) is 16.7. The fourth-order valence-corrected chi connectivity index (χ4v) is 7.84. The predicted molar refractivity (Wildman–Crippen MR) is 236 cm³/mol. The molecule has 2 heteroatoms. The molecule has 0 unspecified atom stereocenters. The van der Waals surface area contributed by atoms with Gasteiger partial charge in [-0.05, 0) is 111 Å². The van der Waals surface area contributed by atoms with E-state index in [-0.39, 0.29) is 0 Å². The van der Waals surface area contributed by atoms with Gasteiger partial charge in [0.15, 0.2) is 0 Å². The summed E-state index contributed by atoms with van der Waals surface area (Å²) in [5.74, 6) is 0. The molecule has 10 aromatic rings. The molecular formula is C54H37NO. The standard InChI is InChI=1S/C54H37NO/c1-4-13-38(14-5-1)41-23-29-47(30-24-41)55(48-31-25-42(26-32-48)39-15-6-2-7-16-39)49-33-27-43(28-34-49)45-35-44(40-17-8-3-9-18-40)36-46(37-45)50-20-12-21-52-51-19-10-11-22-53(51)56-54(50)52/h1-37H. The van der Waals surface area contributed by atoms with Gasteiger partial charge in [0.25, 0.3) is 0 Å². The van der Waals surface area contributed by atoms with Crippen molar-refractivity contribution < 1.29 is 4.42 Å². The van der Waals surface area contributed by atoms with Gasteiger partial charge in [0.1, 0.15) is 11.2 Å². The lowest BCUT2D eigenvalue weighted by Crippen LogP contribution is -2.09. The van der Waals surface area contributed by atoms with Crippen LogP contribution in [0, 0.1) is 0 Å². The van der Waals surface area contributed by atoms with Crippen LogP contribution in [0.4, 0.5) is 17.1 Å². The minimum atomic E-state index is 0.902. The Morgan fingerprint density at radius 2 is 0.643 bits per heavy atom. The van der Waals surface area contributed by atoms with Gasteiger partial charge >= 0.3 is 0 Å². The number of anilines is 3. The van der Waals surface area contributed by atoms with Gasteiger partial charge in [0.2, 0.25) is 0 Å². The monoisotopic (exact) mass is 715 g/mol. The molecule has 0 spiro atoms. The molecule has 0 atom stereocenters. The van der Waals surface area contributed by atoms with E-state index >= 15 is 0 Å². The van der Waals surface area contributed by atoms with E-state index in [4.69, 9.17) is 4.42 Å². The first kappa shape index (κ1) is 33.2. The van der Waals surface area contributed by atoms with Crippen molar-refractivity contribution in [1.29, 1.82) is 0 Å². The average Bonchev–Trinajstić information content (AvgIpc) is 3.67. The lowest BCUT2D eigenvalue weighted by Gasteiger charge is -2.26. The summed E-state index contributed by atoms with van der Waals surface area (Å²) in [6.45, 7) is 0. The van der Waals surface area contributed by atoms with Crippen molar-refractivity contribution in [2.75, 3.05) is 4.90 Å². The fourth-order valence-electron chi connectivity index (χ4n) is 7.84. The average molecular weight is 716 g/mol. The predicted octanol–water partition coefficient (Wildman–Crippen LogP) is 15.4. The SMILES string of the molecule is c1ccc(-c2ccc(N(c3ccc(-c4ccccc4)cc3)c3ccc(-c4cc(-c5ccccc5)cc(-c5cccc6c5oc5ccccc56)c4)cc3)cc2)cc1. The Balaban J connectivity index is 1.06. The second kappa shape index (κ2) is 14.4. The Morgan fingerprint density at radius 1 is 0.268 bits per heavy atom. The van der Waals surface area contributed by atoms with Crippen LogP contribution in [-0.2, 0) is 0 Å². The number of furan rings is 1. The highest BCUT2D eigenvalue weighted by Gasteiger charge is 2.17. The number of benzene rings is 9. The molecule has 0 saturated heterocycles. The van der Waals surface area contributed by atoms with Crippen molar-refractivity contribution in [3.8, 4) is 55.6 Å². The van der Waals surface area contributed by atoms with Gasteiger partial charge in [0.05, 0.1) is 0 Å². The second-order valence-electron chi connectivity index (χ2n) is 14.2. The summed E-state index contributed by atoms with van der Waals surface area (Å²) in [7, 11) is 0. The Labute approximate surface area is 327 Å². The van der Waals surface area contributed by atoms with Gasteiger partial charge in [-0.25, -0.2) is 0 Å². The minimum Gasteiger partial charge on any atom is -0.455 e. The summed E-state index contributed by atoms with van der Waals surface area (Å²) in [5, 5.41) is 2.26. The summed E-state index contributed by atoms with van der Waals surface area (Å²) in [6, 6.07) is 80.0. The highest BCUT2D eigenvalue weighted by Crippen LogP contribution is 2.41. The molecule has 0 aliphatic carbocycles. The molecule has 0 aliphatic rings. The third kappa shape index (κ3) is 6.34. The smallest absolute Gasteiger partial charge is 0.143 e. The number of para-hydroxylation sites is 2. The minimum absolute atomic E-state index is 0.902. The van der Waals surface area contributed by atoms with E-state index in [1.54, 1.807) is 0 Å². The van der Waals surface area contributed by atoms with Crippen LogP contribution in [0.25, 0.3) is 77.6 Å². The number of hydrogen-bond acceptors (Lipinski definition) is 2. The Hall–Kier alpha value is -7.42. The summed E-state index contributed by atoms with van der Waals surface area (Å²) in [4.78, 5) is 2.33. The van der Waals surface area contributed by atoms with Crippen LogP contribution in [0.3, 0.4) is 0 Å². The van der Waals surface area contributed by atoms with E-state index in [9.17, 15) is 0 Å². The Bertz CT molecular complexity index is 2830. The summed E-state index contributed by atoms with van der Waals surface area (Å²) in [6.07, 6.45) is 0. The maximum atomic E-state index is 6.51. The number of rotatable bonds is 8. The van der Waals surface area contributed by atoms with Gasteiger partial charge in [-0.3, -0.25) is 0 Å². The Kier molecular flexibility index (Phi) is 8.55. The third-order valence-electron chi connectivity index (χ3n) is 10.7. The number of nitrogens with zero attached hydrogens (tertiary/aromatic N) is 1. The van der Waals surface area contributed by atoms with Crippen molar-refractivity contribution in [2.45, 2.75) is 0 Å². The number of fused-ring (bicyclic) bond motifs is 3. The van der Waals surface area contributed by atoms with Crippen molar-refractivity contribution >= 4 is 39.0 Å². The normalized spacial score (nSPS) is 11.2. The van der Waals surface area contributed by atoms with Crippen LogP contribution in [0.15, 0.2) is 229 Å². The largest absolute Gasteiger partial charge is 0.455 e. The molecule has 0 amide bonds. The molecule has 0 aliphatic heterocycles. The van der Waals surface area contributed by atoms with Crippen molar-refractivity contribution in [1.82, 2.24) is 0 Å². The highest BCUT2D eigenvalue weighted by molar-refractivity contribution is 6.09. The van der Waals surface area contributed by atoms with Crippen molar-refractivity contribution in [3.63, 3.8) is 0 Å². The molecule has 9 aromatic carbocycles. The quantitative estimate of drug-likeness (QED) is 0.156. The molecule has 0 saturated carbocycles. The van der Waals surface area contributed by atoms with Gasteiger partial charge in [-0.1, -0.05) is 164 Å². The number of hydrogen-bond donors (Lipinski definition) is 0. The Morgan fingerprint density at radius 3 is 1.14 bits per heavy atom. The van der Waals surface area contributed by atoms with Gasteiger partial charge in [-0.2, -0.15) is 0 Å². The maximum absolute atomic E-state index is 6.51. The van der Waals surface area contributed by atoms with Crippen molar-refractivity contribution in [2.24, 2.45) is 0 Å². The zero-order valence-electron chi connectivity index (χ0n) is 30.7. The van der Waals surface area contributed by atoms with E-state index in [1.807, 2.05) is 12.1 Å². The zero-order valence-corrected chi connectivity index (χ0v) is 30.7. The molecule has 1 aromatic heterocycles. The second-order valence-corrected chi connectivity index (χ2v) is 14.2. The lowest BCUT2D eigenvalue weighted by atomic mass is 9.92. The van der Waals surface area contributed by atoms with Crippen molar-refractivity contribution in [3.05, 3.63) is 224 Å². The molecule has 0 radical (unpaired) electrons.